The number of benzene rings is 1. The number of rotatable bonds is 7. The number of anilines is 1. The molecule has 0 atom stereocenters. The molecule has 172 valence electrons. The molecule has 0 saturated carbocycles. The summed E-state index contributed by atoms with van der Waals surface area (Å²) in [5.41, 5.74) is 0.798. The molecule has 3 rings (SSSR count). The second kappa shape index (κ2) is 9.33. The Hall–Kier alpha value is -2.49. The Bertz CT molecular complexity index is 1000. The Morgan fingerprint density at radius 3 is 2.65 bits per heavy atom. The smallest absolute Gasteiger partial charge is 0.410 e. The van der Waals surface area contributed by atoms with Crippen molar-refractivity contribution in [3.05, 3.63) is 18.2 Å². The van der Waals surface area contributed by atoms with E-state index in [2.05, 4.69) is 10.3 Å². The molecule has 1 aliphatic heterocycles. The quantitative estimate of drug-likeness (QED) is 0.635. The topological polar surface area (TPSA) is 111 Å². The van der Waals surface area contributed by atoms with Gasteiger partial charge in [-0.15, -0.1) is 0 Å². The Balaban J connectivity index is 1.50. The van der Waals surface area contributed by atoms with E-state index in [1.165, 1.54) is 6.26 Å². The highest BCUT2D eigenvalue weighted by molar-refractivity contribution is 7.90. The molecular formula is C21H31N3O6S. The summed E-state index contributed by atoms with van der Waals surface area (Å²) in [6, 6.07) is 5.91. The molecule has 0 radical (unpaired) electrons. The zero-order valence-electron chi connectivity index (χ0n) is 18.5. The second-order valence-corrected chi connectivity index (χ2v) is 11.1. The summed E-state index contributed by atoms with van der Waals surface area (Å²) in [6.07, 6.45) is 2.91. The van der Waals surface area contributed by atoms with Gasteiger partial charge in [-0.25, -0.2) is 13.2 Å². The van der Waals surface area contributed by atoms with Crippen molar-refractivity contribution >= 4 is 33.0 Å². The number of hydrogen-bond acceptors (Lipinski definition) is 8. The van der Waals surface area contributed by atoms with Gasteiger partial charge in [0.1, 0.15) is 26.7 Å². The van der Waals surface area contributed by atoms with Crippen LogP contribution in [0.15, 0.2) is 22.6 Å². The first-order valence-corrected chi connectivity index (χ1v) is 12.5. The fourth-order valence-electron chi connectivity index (χ4n) is 3.28. The van der Waals surface area contributed by atoms with Gasteiger partial charge >= 0.3 is 6.09 Å². The zero-order valence-corrected chi connectivity index (χ0v) is 19.3. The Labute approximate surface area is 183 Å². The van der Waals surface area contributed by atoms with E-state index < -0.39 is 15.4 Å². The average molecular weight is 454 g/mol. The number of likely N-dealkylation sites (tertiary alicyclic amines) is 1. The van der Waals surface area contributed by atoms with Crippen molar-refractivity contribution in [2.24, 2.45) is 0 Å². The first kappa shape index (κ1) is 23.2. The molecule has 1 N–H and O–H groups in total. The summed E-state index contributed by atoms with van der Waals surface area (Å²) in [6.45, 7) is 7.12. The van der Waals surface area contributed by atoms with E-state index >= 15 is 0 Å². The number of oxazole rings is 1. The minimum absolute atomic E-state index is 0.0972. The van der Waals surface area contributed by atoms with Gasteiger partial charge in [0.2, 0.25) is 0 Å². The lowest BCUT2D eigenvalue weighted by molar-refractivity contribution is 0.0210. The van der Waals surface area contributed by atoms with Crippen LogP contribution in [-0.2, 0) is 14.6 Å². The summed E-state index contributed by atoms with van der Waals surface area (Å²) < 4.78 is 39.2. The normalized spacial score (nSPS) is 15.8. The number of carbonyl (C=O) groups is 1. The fourth-order valence-corrected chi connectivity index (χ4v) is 3.92. The van der Waals surface area contributed by atoms with Gasteiger partial charge in [0, 0.05) is 31.5 Å². The maximum absolute atomic E-state index is 12.2. The molecular weight excluding hydrogens is 422 g/mol. The molecule has 1 amide bonds. The second-order valence-electron chi connectivity index (χ2n) is 8.87. The van der Waals surface area contributed by atoms with Crippen LogP contribution in [0.1, 0.15) is 40.0 Å². The van der Waals surface area contributed by atoms with Gasteiger partial charge in [0.15, 0.2) is 5.58 Å². The van der Waals surface area contributed by atoms with Crippen LogP contribution in [-0.4, -0.2) is 67.7 Å². The first-order chi connectivity index (χ1) is 14.5. The number of nitrogens with one attached hydrogen (secondary N) is 1. The van der Waals surface area contributed by atoms with E-state index in [4.69, 9.17) is 13.9 Å². The Kier molecular flexibility index (Phi) is 6.98. The summed E-state index contributed by atoms with van der Waals surface area (Å²) in [5, 5.41) is 3.30. The molecule has 0 spiro atoms. The highest BCUT2D eigenvalue weighted by Crippen LogP contribution is 2.25. The summed E-state index contributed by atoms with van der Waals surface area (Å²) in [5.74, 6) is 0.714. The molecule has 0 unspecified atom stereocenters. The Morgan fingerprint density at radius 2 is 2.00 bits per heavy atom. The average Bonchev–Trinajstić information content (AvgIpc) is 3.05. The van der Waals surface area contributed by atoms with Crippen molar-refractivity contribution in [1.29, 1.82) is 0 Å². The summed E-state index contributed by atoms with van der Waals surface area (Å²) in [4.78, 5) is 18.4. The predicted octanol–water partition coefficient (Wildman–Crippen LogP) is 3.45. The van der Waals surface area contributed by atoms with Crippen molar-refractivity contribution in [3.63, 3.8) is 0 Å². The number of fused-ring (bicyclic) bond motifs is 1. The molecule has 10 heteroatoms. The number of hydrogen-bond donors (Lipinski definition) is 1. The molecule has 1 saturated heterocycles. The number of nitrogens with zero attached hydrogens (tertiary/aromatic N) is 2. The van der Waals surface area contributed by atoms with Crippen molar-refractivity contribution in [2.75, 3.05) is 37.0 Å². The van der Waals surface area contributed by atoms with Gasteiger partial charge in [-0.3, -0.25) is 0 Å². The fraction of sp³-hybridized carbons (Fsp3) is 0.619. The molecule has 2 aromatic rings. The van der Waals surface area contributed by atoms with E-state index in [1.807, 2.05) is 20.8 Å². The molecule has 0 aliphatic carbocycles. The standard InChI is InChI=1S/C21H31N3O6S/c1-21(2,3)30-20(25)24-10-8-15(9-11-24)22-19-23-17-14-16(6-7-18(17)29-19)28-12-5-13-31(4,26)27/h6-7,14-15H,5,8-13H2,1-4H3,(H,22,23). The molecule has 9 nitrogen and oxygen atoms in total. The third-order valence-corrected chi connectivity index (χ3v) is 5.79. The summed E-state index contributed by atoms with van der Waals surface area (Å²) in [7, 11) is -2.98. The summed E-state index contributed by atoms with van der Waals surface area (Å²) >= 11 is 0. The van der Waals surface area contributed by atoms with Crippen LogP contribution in [0.3, 0.4) is 0 Å². The molecule has 31 heavy (non-hydrogen) atoms. The van der Waals surface area contributed by atoms with Crippen LogP contribution in [0, 0.1) is 0 Å². The maximum Gasteiger partial charge on any atom is 0.410 e. The third-order valence-electron chi connectivity index (χ3n) is 4.76. The van der Waals surface area contributed by atoms with Crippen molar-refractivity contribution in [3.8, 4) is 5.75 Å². The monoisotopic (exact) mass is 453 g/mol. The predicted molar refractivity (Wildman–Crippen MR) is 118 cm³/mol. The third kappa shape index (κ3) is 7.30. The van der Waals surface area contributed by atoms with Crippen LogP contribution >= 0.6 is 0 Å². The molecule has 1 fully saturated rings. The number of piperidine rings is 1. The van der Waals surface area contributed by atoms with Crippen molar-refractivity contribution in [2.45, 2.75) is 51.7 Å². The van der Waals surface area contributed by atoms with Crippen LogP contribution < -0.4 is 10.1 Å². The molecule has 0 bridgehead atoms. The van der Waals surface area contributed by atoms with Crippen LogP contribution in [0.4, 0.5) is 10.8 Å². The van der Waals surface area contributed by atoms with E-state index in [-0.39, 0.29) is 17.9 Å². The minimum atomic E-state index is -2.98. The van der Waals surface area contributed by atoms with Gasteiger partial charge < -0.3 is 24.1 Å². The molecule has 1 aliphatic rings. The zero-order chi connectivity index (χ0) is 22.6. The van der Waals surface area contributed by atoms with Gasteiger partial charge in [-0.05, 0) is 52.2 Å². The molecule has 1 aromatic heterocycles. The largest absolute Gasteiger partial charge is 0.493 e. The lowest BCUT2D eigenvalue weighted by atomic mass is 10.1. The lowest BCUT2D eigenvalue weighted by Gasteiger charge is -2.33. The highest BCUT2D eigenvalue weighted by atomic mass is 32.2. The number of aromatic nitrogens is 1. The SMILES string of the molecule is CC(C)(C)OC(=O)N1CCC(Nc2nc3cc(OCCCS(C)(=O)=O)ccc3o2)CC1. The maximum atomic E-state index is 12.2. The number of amides is 1. The van der Waals surface area contributed by atoms with E-state index in [9.17, 15) is 13.2 Å². The van der Waals surface area contributed by atoms with E-state index in [0.717, 1.165) is 12.8 Å². The van der Waals surface area contributed by atoms with E-state index in [1.54, 1.807) is 23.1 Å². The lowest BCUT2D eigenvalue weighted by Crippen LogP contribution is -2.44. The van der Waals surface area contributed by atoms with Crippen molar-refractivity contribution in [1.82, 2.24) is 9.88 Å². The van der Waals surface area contributed by atoms with Crippen LogP contribution in [0.25, 0.3) is 11.1 Å². The van der Waals surface area contributed by atoms with Crippen molar-refractivity contribution < 1.29 is 27.1 Å². The molecule has 1 aromatic carbocycles. The first-order valence-electron chi connectivity index (χ1n) is 10.4. The van der Waals surface area contributed by atoms with Gasteiger partial charge in [0.05, 0.1) is 12.4 Å². The van der Waals surface area contributed by atoms with Gasteiger partial charge in [0.25, 0.3) is 6.01 Å². The van der Waals surface area contributed by atoms with E-state index in [0.29, 0.717) is 49.0 Å². The molecule has 2 heterocycles. The number of sulfone groups is 1. The van der Waals surface area contributed by atoms with Gasteiger partial charge in [-0.1, -0.05) is 0 Å². The highest BCUT2D eigenvalue weighted by Gasteiger charge is 2.27. The number of carbonyl (C=O) groups excluding carboxylic acids is 1. The Morgan fingerprint density at radius 1 is 1.29 bits per heavy atom. The number of ether oxygens (including phenoxy) is 2. The van der Waals surface area contributed by atoms with Gasteiger partial charge in [-0.2, -0.15) is 4.98 Å². The van der Waals surface area contributed by atoms with Crippen LogP contribution in [0.5, 0.6) is 5.75 Å². The van der Waals surface area contributed by atoms with Crippen LogP contribution in [0.2, 0.25) is 0 Å². The minimum Gasteiger partial charge on any atom is -0.493 e.